The van der Waals surface area contributed by atoms with Crippen LogP contribution in [-0.4, -0.2) is 36.0 Å². The fourth-order valence-corrected chi connectivity index (χ4v) is 3.44. The molecule has 1 aromatic rings. The van der Waals surface area contributed by atoms with Gasteiger partial charge in [0.1, 0.15) is 6.17 Å². The summed E-state index contributed by atoms with van der Waals surface area (Å²) in [6, 6.07) is 4.09. The third-order valence-corrected chi connectivity index (χ3v) is 5.08. The fourth-order valence-electron chi connectivity index (χ4n) is 2.50. The molecule has 0 radical (unpaired) electrons. The summed E-state index contributed by atoms with van der Waals surface area (Å²) in [7, 11) is 1.36. The number of hydrogen-bond acceptors (Lipinski definition) is 5. The molecule has 1 saturated heterocycles. The van der Waals surface area contributed by atoms with Gasteiger partial charge in [-0.1, -0.05) is 6.92 Å². The van der Waals surface area contributed by atoms with Gasteiger partial charge in [0, 0.05) is 16.3 Å². The Labute approximate surface area is 129 Å². The van der Waals surface area contributed by atoms with Crippen LogP contribution in [0.1, 0.15) is 42.6 Å². The molecule has 116 valence electrons. The van der Waals surface area contributed by atoms with Crippen LogP contribution in [0.4, 0.5) is 0 Å². The van der Waals surface area contributed by atoms with Crippen LogP contribution in [0.2, 0.25) is 0 Å². The molecule has 0 aliphatic carbocycles. The van der Waals surface area contributed by atoms with E-state index in [0.29, 0.717) is 13.0 Å². The van der Waals surface area contributed by atoms with E-state index in [-0.39, 0.29) is 24.5 Å². The summed E-state index contributed by atoms with van der Waals surface area (Å²) in [5.74, 6) is -0.251. The zero-order valence-corrected chi connectivity index (χ0v) is 13.8. The van der Waals surface area contributed by atoms with E-state index >= 15 is 0 Å². The lowest BCUT2D eigenvalue weighted by Crippen LogP contribution is -2.43. The second-order valence-electron chi connectivity index (χ2n) is 5.51. The number of carbonyl (C=O) groups excluding carboxylic acids is 2. The summed E-state index contributed by atoms with van der Waals surface area (Å²) in [6.07, 6.45) is 0.761. The first-order valence-corrected chi connectivity index (χ1v) is 7.95. The lowest BCUT2D eigenvalue weighted by Gasteiger charge is -2.22. The number of amides is 1. The minimum Gasteiger partial charge on any atom is -0.469 e. The van der Waals surface area contributed by atoms with Gasteiger partial charge < -0.3 is 9.64 Å². The van der Waals surface area contributed by atoms with E-state index in [2.05, 4.69) is 10.1 Å². The maximum Gasteiger partial charge on any atom is 0.307 e. The molecule has 5 nitrogen and oxygen atoms in total. The molecule has 2 heterocycles. The van der Waals surface area contributed by atoms with Gasteiger partial charge in [-0.15, -0.1) is 11.3 Å². The molecule has 1 aromatic heterocycles. The van der Waals surface area contributed by atoms with E-state index in [9.17, 15) is 9.59 Å². The predicted molar refractivity (Wildman–Crippen MR) is 82.0 cm³/mol. The predicted octanol–water partition coefficient (Wildman–Crippen LogP) is 2.22. The number of nitrogens with one attached hydrogen (secondary N) is 1. The summed E-state index contributed by atoms with van der Waals surface area (Å²) < 4.78 is 4.67. The molecule has 6 heteroatoms. The van der Waals surface area contributed by atoms with Crippen LogP contribution < -0.4 is 5.32 Å². The molecule has 1 amide bonds. The Hall–Kier alpha value is -1.40. The Bertz CT molecular complexity index is 543. The number of thiophene rings is 1. The first-order chi connectivity index (χ1) is 9.91. The smallest absolute Gasteiger partial charge is 0.307 e. The van der Waals surface area contributed by atoms with Crippen LogP contribution in [-0.2, 0) is 14.3 Å². The maximum absolute atomic E-state index is 12.7. The standard InChI is InChI=1S/C15H22N2O3S/c1-5-15(3)14(19)17(9-8-12(18)20-4)13(16-15)11-7-6-10(2)21-11/h6-7,13,16H,5,8-9H2,1-4H3. The number of aryl methyl sites for hydroxylation is 1. The molecule has 0 bridgehead atoms. The van der Waals surface area contributed by atoms with Gasteiger partial charge >= 0.3 is 5.97 Å². The van der Waals surface area contributed by atoms with Crippen LogP contribution in [0.25, 0.3) is 0 Å². The van der Waals surface area contributed by atoms with Crippen molar-refractivity contribution in [2.45, 2.75) is 45.3 Å². The van der Waals surface area contributed by atoms with Gasteiger partial charge in [-0.25, -0.2) is 0 Å². The van der Waals surface area contributed by atoms with Crippen molar-refractivity contribution in [1.29, 1.82) is 0 Å². The fraction of sp³-hybridized carbons (Fsp3) is 0.600. The Kier molecular flexibility index (Phi) is 4.68. The monoisotopic (exact) mass is 310 g/mol. The molecule has 0 saturated carbocycles. The third-order valence-electron chi connectivity index (χ3n) is 4.02. The second-order valence-corrected chi connectivity index (χ2v) is 6.83. The molecule has 1 aliphatic rings. The highest BCUT2D eigenvalue weighted by Gasteiger charge is 2.47. The van der Waals surface area contributed by atoms with E-state index in [1.54, 1.807) is 16.2 Å². The summed E-state index contributed by atoms with van der Waals surface area (Å²) >= 11 is 1.67. The largest absolute Gasteiger partial charge is 0.469 e. The van der Waals surface area contributed by atoms with Gasteiger partial charge in [-0.2, -0.15) is 0 Å². The van der Waals surface area contributed by atoms with Crippen molar-refractivity contribution in [2.24, 2.45) is 0 Å². The molecule has 2 unspecified atom stereocenters. The van der Waals surface area contributed by atoms with E-state index in [4.69, 9.17) is 0 Å². The zero-order valence-electron chi connectivity index (χ0n) is 12.9. The first kappa shape index (κ1) is 16.0. The molecule has 0 aromatic carbocycles. The number of nitrogens with zero attached hydrogens (tertiary/aromatic N) is 1. The Balaban J connectivity index is 2.23. The molecule has 2 atom stereocenters. The minimum atomic E-state index is -0.571. The van der Waals surface area contributed by atoms with Gasteiger partial charge in [-0.3, -0.25) is 14.9 Å². The van der Waals surface area contributed by atoms with Crippen molar-refractivity contribution in [3.8, 4) is 0 Å². The van der Waals surface area contributed by atoms with E-state index in [1.165, 1.54) is 12.0 Å². The van der Waals surface area contributed by atoms with Gasteiger partial charge in [0.25, 0.3) is 0 Å². The summed E-state index contributed by atoms with van der Waals surface area (Å²) in [6.45, 7) is 6.32. The lowest BCUT2D eigenvalue weighted by atomic mass is 9.99. The summed E-state index contributed by atoms with van der Waals surface area (Å²) in [5.41, 5.74) is -0.571. The Morgan fingerprint density at radius 2 is 2.24 bits per heavy atom. The second kappa shape index (κ2) is 6.15. The number of rotatable bonds is 5. The first-order valence-electron chi connectivity index (χ1n) is 7.13. The average Bonchev–Trinajstić information content (AvgIpc) is 3.00. The Morgan fingerprint density at radius 1 is 1.52 bits per heavy atom. The highest BCUT2D eigenvalue weighted by molar-refractivity contribution is 7.12. The normalized spacial score (nSPS) is 25.4. The Morgan fingerprint density at radius 3 is 2.76 bits per heavy atom. The van der Waals surface area contributed by atoms with Crippen LogP contribution in [0.15, 0.2) is 12.1 Å². The number of esters is 1. The molecule has 21 heavy (non-hydrogen) atoms. The minimum absolute atomic E-state index is 0.0463. The summed E-state index contributed by atoms with van der Waals surface area (Å²) in [5, 5.41) is 3.42. The lowest BCUT2D eigenvalue weighted by molar-refractivity contribution is -0.142. The van der Waals surface area contributed by atoms with Crippen molar-refractivity contribution in [3.63, 3.8) is 0 Å². The van der Waals surface area contributed by atoms with Gasteiger partial charge in [0.05, 0.1) is 19.1 Å². The SMILES string of the molecule is CCC1(C)NC(c2ccc(C)s2)N(CCC(=O)OC)C1=O. The number of hydrogen-bond donors (Lipinski definition) is 1. The van der Waals surface area contributed by atoms with E-state index in [0.717, 1.165) is 4.88 Å². The van der Waals surface area contributed by atoms with Crippen molar-refractivity contribution in [1.82, 2.24) is 10.2 Å². The van der Waals surface area contributed by atoms with Crippen LogP contribution in [0.3, 0.4) is 0 Å². The average molecular weight is 310 g/mol. The zero-order chi connectivity index (χ0) is 15.6. The van der Waals surface area contributed by atoms with Crippen molar-refractivity contribution < 1.29 is 14.3 Å². The molecule has 1 aliphatic heterocycles. The maximum atomic E-state index is 12.7. The van der Waals surface area contributed by atoms with E-state index in [1.807, 2.05) is 32.9 Å². The van der Waals surface area contributed by atoms with Crippen molar-refractivity contribution in [3.05, 3.63) is 21.9 Å². The highest BCUT2D eigenvalue weighted by Crippen LogP contribution is 2.35. The molecule has 1 N–H and O–H groups in total. The van der Waals surface area contributed by atoms with Crippen molar-refractivity contribution in [2.75, 3.05) is 13.7 Å². The molecule has 1 fully saturated rings. The van der Waals surface area contributed by atoms with Crippen LogP contribution in [0, 0.1) is 6.92 Å². The van der Waals surface area contributed by atoms with Crippen LogP contribution >= 0.6 is 11.3 Å². The topological polar surface area (TPSA) is 58.6 Å². The number of ether oxygens (including phenoxy) is 1. The van der Waals surface area contributed by atoms with Gasteiger partial charge in [0.15, 0.2) is 0 Å². The molecule has 2 rings (SSSR count). The highest BCUT2D eigenvalue weighted by atomic mass is 32.1. The van der Waals surface area contributed by atoms with Crippen LogP contribution in [0.5, 0.6) is 0 Å². The third kappa shape index (κ3) is 3.11. The number of carbonyl (C=O) groups is 2. The van der Waals surface area contributed by atoms with E-state index < -0.39 is 5.54 Å². The van der Waals surface area contributed by atoms with Gasteiger partial charge in [-0.05, 0) is 32.4 Å². The number of methoxy groups -OCH3 is 1. The molecular weight excluding hydrogens is 288 g/mol. The van der Waals surface area contributed by atoms with Gasteiger partial charge in [0.2, 0.25) is 5.91 Å². The quantitative estimate of drug-likeness (QED) is 0.847. The summed E-state index contributed by atoms with van der Waals surface area (Å²) in [4.78, 5) is 28.1. The molecule has 0 spiro atoms. The van der Waals surface area contributed by atoms with Crippen molar-refractivity contribution >= 4 is 23.2 Å². The molecular formula is C15H22N2O3S.